The Hall–Kier alpha value is -1.22. The standard InChI is InChI=1S/C13H17NO2/c15-12-3-1-2-11-9(6-7-16-13(11)12)8-14-10-4-5-10/h1-3,9-10,14-15H,4-8H2. The van der Waals surface area contributed by atoms with Crippen LogP contribution in [0.3, 0.4) is 0 Å². The molecule has 1 fully saturated rings. The van der Waals surface area contributed by atoms with Crippen molar-refractivity contribution >= 4 is 0 Å². The van der Waals surface area contributed by atoms with E-state index < -0.39 is 0 Å². The van der Waals surface area contributed by atoms with Crippen molar-refractivity contribution in [3.05, 3.63) is 23.8 Å². The molecule has 0 spiro atoms. The van der Waals surface area contributed by atoms with Crippen molar-refractivity contribution in [2.75, 3.05) is 13.2 Å². The maximum Gasteiger partial charge on any atom is 0.164 e. The van der Waals surface area contributed by atoms with Crippen LogP contribution < -0.4 is 10.1 Å². The second-order valence-corrected chi connectivity index (χ2v) is 4.71. The summed E-state index contributed by atoms with van der Waals surface area (Å²) in [5.41, 5.74) is 1.15. The molecule has 1 heterocycles. The number of ether oxygens (including phenoxy) is 1. The maximum atomic E-state index is 9.72. The van der Waals surface area contributed by atoms with Gasteiger partial charge in [0.05, 0.1) is 6.61 Å². The van der Waals surface area contributed by atoms with E-state index in [2.05, 4.69) is 11.4 Å². The van der Waals surface area contributed by atoms with Crippen molar-refractivity contribution in [3.8, 4) is 11.5 Å². The molecule has 0 aromatic heterocycles. The van der Waals surface area contributed by atoms with Crippen LogP contribution in [0.2, 0.25) is 0 Å². The van der Waals surface area contributed by atoms with Crippen LogP contribution in [0.15, 0.2) is 18.2 Å². The molecule has 0 amide bonds. The summed E-state index contributed by atoms with van der Waals surface area (Å²) in [4.78, 5) is 0. The van der Waals surface area contributed by atoms with Crippen LogP contribution in [0.1, 0.15) is 30.7 Å². The number of benzene rings is 1. The molecule has 1 aromatic carbocycles. The highest BCUT2D eigenvalue weighted by molar-refractivity contribution is 5.48. The number of para-hydroxylation sites is 1. The molecule has 0 saturated heterocycles. The van der Waals surface area contributed by atoms with E-state index in [0.717, 1.165) is 24.6 Å². The number of hydrogen-bond donors (Lipinski definition) is 2. The van der Waals surface area contributed by atoms with Crippen molar-refractivity contribution < 1.29 is 9.84 Å². The quantitative estimate of drug-likeness (QED) is 0.817. The lowest BCUT2D eigenvalue weighted by atomic mass is 9.93. The number of aromatic hydroxyl groups is 1. The fraction of sp³-hybridized carbons (Fsp3) is 0.538. The molecule has 3 heteroatoms. The van der Waals surface area contributed by atoms with Crippen LogP contribution >= 0.6 is 0 Å². The summed E-state index contributed by atoms with van der Waals surface area (Å²) in [6, 6.07) is 6.39. The molecule has 1 atom stereocenters. The average Bonchev–Trinajstić information content (AvgIpc) is 3.11. The smallest absolute Gasteiger partial charge is 0.164 e. The highest BCUT2D eigenvalue weighted by Gasteiger charge is 2.26. The van der Waals surface area contributed by atoms with Crippen molar-refractivity contribution in [2.24, 2.45) is 0 Å². The Labute approximate surface area is 95.4 Å². The summed E-state index contributed by atoms with van der Waals surface area (Å²) >= 11 is 0. The zero-order chi connectivity index (χ0) is 11.0. The predicted molar refractivity (Wildman–Crippen MR) is 62.0 cm³/mol. The minimum Gasteiger partial charge on any atom is -0.504 e. The Bertz CT molecular complexity index is 388. The summed E-state index contributed by atoms with van der Waals surface area (Å²) in [6.45, 7) is 1.71. The molecule has 16 heavy (non-hydrogen) atoms. The monoisotopic (exact) mass is 219 g/mol. The van der Waals surface area contributed by atoms with Gasteiger partial charge in [0.1, 0.15) is 0 Å². The van der Waals surface area contributed by atoms with E-state index >= 15 is 0 Å². The number of hydrogen-bond acceptors (Lipinski definition) is 3. The van der Waals surface area contributed by atoms with Gasteiger partial charge in [-0.1, -0.05) is 12.1 Å². The van der Waals surface area contributed by atoms with E-state index in [1.807, 2.05) is 6.07 Å². The zero-order valence-corrected chi connectivity index (χ0v) is 9.28. The predicted octanol–water partition coefficient (Wildman–Crippen LogP) is 2.01. The van der Waals surface area contributed by atoms with Gasteiger partial charge in [-0.15, -0.1) is 0 Å². The molecular formula is C13H17NO2. The molecule has 1 aliphatic heterocycles. The Kier molecular flexibility index (Phi) is 2.48. The average molecular weight is 219 g/mol. The molecular weight excluding hydrogens is 202 g/mol. The minimum absolute atomic E-state index is 0.272. The van der Waals surface area contributed by atoms with Crippen LogP contribution in [0.25, 0.3) is 0 Å². The van der Waals surface area contributed by atoms with E-state index in [0.29, 0.717) is 18.3 Å². The van der Waals surface area contributed by atoms with Gasteiger partial charge >= 0.3 is 0 Å². The van der Waals surface area contributed by atoms with Crippen molar-refractivity contribution in [1.82, 2.24) is 5.32 Å². The van der Waals surface area contributed by atoms with Gasteiger partial charge in [0, 0.05) is 24.1 Å². The number of fused-ring (bicyclic) bond motifs is 1. The first kappa shape index (κ1) is 9.97. The van der Waals surface area contributed by atoms with Crippen molar-refractivity contribution in [1.29, 1.82) is 0 Å². The lowest BCUT2D eigenvalue weighted by Gasteiger charge is -2.26. The summed E-state index contributed by atoms with van der Waals surface area (Å²) in [7, 11) is 0. The number of phenolic OH excluding ortho intramolecular Hbond substituents is 1. The molecule has 2 N–H and O–H groups in total. The van der Waals surface area contributed by atoms with Crippen LogP contribution in [-0.4, -0.2) is 24.3 Å². The van der Waals surface area contributed by atoms with E-state index in [1.165, 1.54) is 12.8 Å². The first-order valence-electron chi connectivity index (χ1n) is 6.02. The molecule has 0 bridgehead atoms. The second-order valence-electron chi connectivity index (χ2n) is 4.71. The molecule has 1 saturated carbocycles. The molecule has 86 valence electrons. The highest BCUT2D eigenvalue weighted by Crippen LogP contribution is 2.39. The molecule has 1 unspecified atom stereocenters. The lowest BCUT2D eigenvalue weighted by molar-refractivity contribution is 0.252. The summed E-state index contributed by atoms with van der Waals surface area (Å²) in [6.07, 6.45) is 3.67. The largest absolute Gasteiger partial charge is 0.504 e. The Balaban J connectivity index is 1.78. The molecule has 2 aliphatic rings. The molecule has 1 aliphatic carbocycles. The number of nitrogens with one attached hydrogen (secondary N) is 1. The lowest BCUT2D eigenvalue weighted by Crippen LogP contribution is -2.27. The Morgan fingerprint density at radius 1 is 1.31 bits per heavy atom. The van der Waals surface area contributed by atoms with Gasteiger partial charge in [0.15, 0.2) is 11.5 Å². The van der Waals surface area contributed by atoms with E-state index in [-0.39, 0.29) is 5.75 Å². The summed E-state index contributed by atoms with van der Waals surface area (Å²) < 4.78 is 5.53. The van der Waals surface area contributed by atoms with Gasteiger partial charge < -0.3 is 15.2 Å². The SMILES string of the molecule is Oc1cccc2c1OCCC2CNC1CC1. The molecule has 3 rings (SSSR count). The number of rotatable bonds is 3. The first-order valence-corrected chi connectivity index (χ1v) is 6.02. The van der Waals surface area contributed by atoms with Crippen LogP contribution in [0, 0.1) is 0 Å². The normalized spacial score (nSPS) is 23.6. The van der Waals surface area contributed by atoms with Gasteiger partial charge in [-0.2, -0.15) is 0 Å². The Morgan fingerprint density at radius 3 is 3.00 bits per heavy atom. The Morgan fingerprint density at radius 2 is 2.19 bits per heavy atom. The van der Waals surface area contributed by atoms with Crippen molar-refractivity contribution in [2.45, 2.75) is 31.2 Å². The van der Waals surface area contributed by atoms with Gasteiger partial charge in [-0.05, 0) is 25.3 Å². The summed E-state index contributed by atoms with van der Waals surface area (Å²) in [5.74, 6) is 1.45. The van der Waals surface area contributed by atoms with E-state index in [4.69, 9.17) is 4.74 Å². The van der Waals surface area contributed by atoms with Crippen LogP contribution in [-0.2, 0) is 0 Å². The molecule has 1 aromatic rings. The summed E-state index contributed by atoms with van der Waals surface area (Å²) in [5, 5.41) is 13.3. The number of phenols is 1. The third-order valence-corrected chi connectivity index (χ3v) is 3.41. The van der Waals surface area contributed by atoms with Crippen molar-refractivity contribution in [3.63, 3.8) is 0 Å². The van der Waals surface area contributed by atoms with Gasteiger partial charge in [0.2, 0.25) is 0 Å². The topological polar surface area (TPSA) is 41.5 Å². The van der Waals surface area contributed by atoms with E-state index in [9.17, 15) is 5.11 Å². The molecule has 3 nitrogen and oxygen atoms in total. The minimum atomic E-state index is 0.272. The third kappa shape index (κ3) is 1.87. The van der Waals surface area contributed by atoms with Crippen LogP contribution in [0.5, 0.6) is 11.5 Å². The van der Waals surface area contributed by atoms with Crippen LogP contribution in [0.4, 0.5) is 0 Å². The maximum absolute atomic E-state index is 9.72. The fourth-order valence-corrected chi connectivity index (χ4v) is 2.29. The van der Waals surface area contributed by atoms with Gasteiger partial charge in [-0.3, -0.25) is 0 Å². The zero-order valence-electron chi connectivity index (χ0n) is 9.28. The van der Waals surface area contributed by atoms with E-state index in [1.54, 1.807) is 6.07 Å². The molecule has 0 radical (unpaired) electrons. The van der Waals surface area contributed by atoms with Gasteiger partial charge in [-0.25, -0.2) is 0 Å². The highest BCUT2D eigenvalue weighted by atomic mass is 16.5. The second kappa shape index (κ2) is 3.98. The fourth-order valence-electron chi connectivity index (χ4n) is 2.29. The van der Waals surface area contributed by atoms with Gasteiger partial charge in [0.25, 0.3) is 0 Å². The first-order chi connectivity index (χ1) is 7.84. The third-order valence-electron chi connectivity index (χ3n) is 3.41.